The molecule has 2 amide bonds. The highest BCUT2D eigenvalue weighted by Gasteiger charge is 2.36. The summed E-state index contributed by atoms with van der Waals surface area (Å²) in [6, 6.07) is 3.40. The quantitative estimate of drug-likeness (QED) is 0.671. The first-order valence-electron chi connectivity index (χ1n) is 5.96. The molecule has 1 atom stereocenters. The number of halogens is 1. The van der Waals surface area contributed by atoms with Crippen LogP contribution in [0.15, 0.2) is 18.2 Å². The average Bonchev–Trinajstić information content (AvgIpc) is 2.86. The van der Waals surface area contributed by atoms with E-state index in [1.807, 2.05) is 0 Å². The van der Waals surface area contributed by atoms with E-state index in [1.165, 1.54) is 23.1 Å². The van der Waals surface area contributed by atoms with Gasteiger partial charge in [0.2, 0.25) is 5.91 Å². The molecule has 2 N–H and O–H groups in total. The number of primary amides is 1. The third-order valence-corrected chi connectivity index (χ3v) is 3.55. The Bertz CT molecular complexity index is 590. The van der Waals surface area contributed by atoms with Crippen molar-refractivity contribution in [1.29, 1.82) is 0 Å². The Morgan fingerprint density at radius 3 is 2.75 bits per heavy atom. The zero-order valence-corrected chi connectivity index (χ0v) is 11.2. The van der Waals surface area contributed by atoms with E-state index in [-0.39, 0.29) is 10.6 Å². The van der Waals surface area contributed by atoms with E-state index < -0.39 is 28.5 Å². The number of nitrogens with zero attached hydrogens (tertiary/aromatic N) is 2. The lowest BCUT2D eigenvalue weighted by atomic mass is 10.1. The summed E-state index contributed by atoms with van der Waals surface area (Å²) in [4.78, 5) is 35.3. The maximum Gasteiger partial charge on any atom is 0.300 e. The summed E-state index contributed by atoms with van der Waals surface area (Å²) in [6.45, 7) is 0.343. The summed E-state index contributed by atoms with van der Waals surface area (Å²) < 4.78 is 0. The van der Waals surface area contributed by atoms with Crippen LogP contribution in [0.5, 0.6) is 0 Å². The highest BCUT2D eigenvalue weighted by Crippen LogP contribution is 2.30. The molecule has 0 aromatic heterocycles. The Kier molecular flexibility index (Phi) is 3.89. The largest absolute Gasteiger partial charge is 0.368 e. The van der Waals surface area contributed by atoms with Gasteiger partial charge >= 0.3 is 5.69 Å². The number of amides is 2. The van der Waals surface area contributed by atoms with Gasteiger partial charge in [-0.1, -0.05) is 17.7 Å². The summed E-state index contributed by atoms with van der Waals surface area (Å²) in [7, 11) is 0. The number of hydrogen-bond donors (Lipinski definition) is 1. The van der Waals surface area contributed by atoms with Crippen LogP contribution in [-0.4, -0.2) is 34.2 Å². The molecule has 1 aliphatic rings. The van der Waals surface area contributed by atoms with Crippen molar-refractivity contribution in [3.63, 3.8) is 0 Å². The molecule has 20 heavy (non-hydrogen) atoms. The Morgan fingerprint density at radius 1 is 1.45 bits per heavy atom. The molecule has 0 saturated carbocycles. The number of carbonyl (C=O) groups is 2. The van der Waals surface area contributed by atoms with E-state index in [1.54, 1.807) is 0 Å². The highest BCUT2D eigenvalue weighted by atomic mass is 35.5. The predicted molar refractivity (Wildman–Crippen MR) is 71.4 cm³/mol. The van der Waals surface area contributed by atoms with Crippen molar-refractivity contribution in [2.45, 2.75) is 18.9 Å². The maximum absolute atomic E-state index is 12.4. The molecular weight excluding hydrogens is 286 g/mol. The second-order valence-electron chi connectivity index (χ2n) is 4.45. The lowest BCUT2D eigenvalue weighted by Gasteiger charge is -2.22. The second-order valence-corrected chi connectivity index (χ2v) is 4.86. The number of para-hydroxylation sites is 1. The standard InChI is InChI=1S/C12H12ClN3O4/c13-8-4-1-3-7(10(8)16(19)20)12(18)15-6-2-5-9(15)11(14)17/h1,3-4,9H,2,5-6H2,(H2,14,17). The van der Waals surface area contributed by atoms with Gasteiger partial charge in [0.1, 0.15) is 16.6 Å². The number of nitro benzene ring substituents is 1. The highest BCUT2D eigenvalue weighted by molar-refractivity contribution is 6.33. The first-order valence-corrected chi connectivity index (χ1v) is 6.34. The van der Waals surface area contributed by atoms with Gasteiger partial charge in [-0.05, 0) is 25.0 Å². The van der Waals surface area contributed by atoms with Crippen molar-refractivity contribution in [3.05, 3.63) is 38.9 Å². The summed E-state index contributed by atoms with van der Waals surface area (Å²) in [6.07, 6.45) is 1.10. The van der Waals surface area contributed by atoms with E-state index in [4.69, 9.17) is 17.3 Å². The molecule has 1 heterocycles. The van der Waals surface area contributed by atoms with Gasteiger partial charge in [0, 0.05) is 6.54 Å². The summed E-state index contributed by atoms with van der Waals surface area (Å²) >= 11 is 5.77. The third-order valence-electron chi connectivity index (χ3n) is 3.24. The number of likely N-dealkylation sites (tertiary alicyclic amines) is 1. The van der Waals surface area contributed by atoms with Crippen LogP contribution in [0.4, 0.5) is 5.69 Å². The minimum Gasteiger partial charge on any atom is -0.368 e. The van der Waals surface area contributed by atoms with Crippen LogP contribution in [-0.2, 0) is 4.79 Å². The minimum atomic E-state index is -0.721. The third kappa shape index (κ3) is 2.44. The van der Waals surface area contributed by atoms with Crippen LogP contribution in [0.2, 0.25) is 5.02 Å². The molecular formula is C12H12ClN3O4. The topological polar surface area (TPSA) is 107 Å². The van der Waals surface area contributed by atoms with Crippen molar-refractivity contribution in [2.75, 3.05) is 6.54 Å². The molecule has 0 radical (unpaired) electrons. The van der Waals surface area contributed by atoms with Crippen LogP contribution < -0.4 is 5.73 Å². The molecule has 0 bridgehead atoms. The van der Waals surface area contributed by atoms with Crippen LogP contribution in [0, 0.1) is 10.1 Å². The van der Waals surface area contributed by atoms with Crippen molar-refractivity contribution >= 4 is 29.1 Å². The van der Waals surface area contributed by atoms with Gasteiger partial charge in [0.25, 0.3) is 5.91 Å². The van der Waals surface area contributed by atoms with Gasteiger partial charge in [-0.25, -0.2) is 0 Å². The fraction of sp³-hybridized carbons (Fsp3) is 0.333. The van der Waals surface area contributed by atoms with Gasteiger partial charge in [-0.3, -0.25) is 19.7 Å². The van der Waals surface area contributed by atoms with Gasteiger partial charge < -0.3 is 10.6 Å². The van der Waals surface area contributed by atoms with Gasteiger partial charge in [-0.2, -0.15) is 0 Å². The lowest BCUT2D eigenvalue weighted by molar-refractivity contribution is -0.385. The Labute approximate surface area is 119 Å². The Morgan fingerprint density at radius 2 is 2.15 bits per heavy atom. The van der Waals surface area contributed by atoms with Crippen LogP contribution in [0.3, 0.4) is 0 Å². The van der Waals surface area contributed by atoms with Crippen LogP contribution in [0.1, 0.15) is 23.2 Å². The molecule has 1 fully saturated rings. The van der Waals surface area contributed by atoms with Crippen molar-refractivity contribution in [3.8, 4) is 0 Å². The fourth-order valence-corrected chi connectivity index (χ4v) is 2.58. The Hall–Kier alpha value is -2.15. The molecule has 7 nitrogen and oxygen atoms in total. The van der Waals surface area contributed by atoms with Crippen LogP contribution in [0.25, 0.3) is 0 Å². The van der Waals surface area contributed by atoms with Gasteiger partial charge in [-0.15, -0.1) is 0 Å². The molecule has 1 aromatic carbocycles. The first kappa shape index (κ1) is 14.3. The van der Waals surface area contributed by atoms with E-state index in [2.05, 4.69) is 0 Å². The molecule has 2 rings (SSSR count). The monoisotopic (exact) mass is 297 g/mol. The summed E-state index contributed by atoms with van der Waals surface area (Å²) in [5.41, 5.74) is 4.66. The van der Waals surface area contributed by atoms with Crippen molar-refractivity contribution in [1.82, 2.24) is 4.90 Å². The fourth-order valence-electron chi connectivity index (χ4n) is 2.33. The minimum absolute atomic E-state index is 0.115. The lowest BCUT2D eigenvalue weighted by Crippen LogP contribution is -2.43. The molecule has 0 spiro atoms. The summed E-state index contributed by atoms with van der Waals surface area (Å²) in [5.74, 6) is -1.21. The number of nitro groups is 1. The van der Waals surface area contributed by atoms with Crippen LogP contribution >= 0.6 is 11.6 Å². The van der Waals surface area contributed by atoms with E-state index in [0.29, 0.717) is 19.4 Å². The average molecular weight is 298 g/mol. The molecule has 1 aromatic rings. The van der Waals surface area contributed by atoms with E-state index >= 15 is 0 Å². The Balaban J connectivity index is 2.42. The second kappa shape index (κ2) is 5.46. The summed E-state index contributed by atoms with van der Waals surface area (Å²) in [5, 5.41) is 10.9. The van der Waals surface area contributed by atoms with E-state index in [0.717, 1.165) is 0 Å². The normalized spacial score (nSPS) is 18.1. The zero-order chi connectivity index (χ0) is 14.9. The SMILES string of the molecule is NC(=O)C1CCCN1C(=O)c1cccc(Cl)c1[N+](=O)[O-]. The van der Waals surface area contributed by atoms with Gasteiger partial charge in [0.15, 0.2) is 0 Å². The number of rotatable bonds is 3. The first-order chi connectivity index (χ1) is 9.43. The zero-order valence-electron chi connectivity index (χ0n) is 10.4. The molecule has 1 aliphatic heterocycles. The number of benzene rings is 1. The van der Waals surface area contributed by atoms with E-state index in [9.17, 15) is 19.7 Å². The van der Waals surface area contributed by atoms with Gasteiger partial charge in [0.05, 0.1) is 4.92 Å². The predicted octanol–water partition coefficient (Wildman–Crippen LogP) is 1.34. The number of hydrogen-bond acceptors (Lipinski definition) is 4. The molecule has 1 saturated heterocycles. The molecule has 8 heteroatoms. The number of nitrogens with two attached hydrogens (primary N) is 1. The number of carbonyl (C=O) groups excluding carboxylic acids is 2. The van der Waals surface area contributed by atoms with Crippen molar-refractivity contribution < 1.29 is 14.5 Å². The molecule has 0 aliphatic carbocycles. The smallest absolute Gasteiger partial charge is 0.300 e. The maximum atomic E-state index is 12.4. The molecule has 1 unspecified atom stereocenters. The molecule has 106 valence electrons. The van der Waals surface area contributed by atoms with Crippen molar-refractivity contribution in [2.24, 2.45) is 5.73 Å².